The molecule has 262 valence electrons. The summed E-state index contributed by atoms with van der Waals surface area (Å²) in [5.74, 6) is -0.934. The number of carbonyl (C=O) groups excluding carboxylic acids is 1. The highest BCUT2D eigenvalue weighted by molar-refractivity contribution is 7.23. The molecule has 16 heteroatoms. The van der Waals surface area contributed by atoms with Crippen molar-refractivity contribution in [2.45, 2.75) is 63.1 Å². The Morgan fingerprint density at radius 2 is 1.98 bits per heavy atom. The van der Waals surface area contributed by atoms with Crippen LogP contribution in [0.3, 0.4) is 0 Å². The quantitative estimate of drug-likeness (QED) is 0.187. The molecule has 3 aliphatic rings. The Hall–Kier alpha value is -4.62. The van der Waals surface area contributed by atoms with Crippen molar-refractivity contribution in [2.24, 2.45) is 0 Å². The van der Waals surface area contributed by atoms with Crippen LogP contribution >= 0.6 is 11.3 Å². The second kappa shape index (κ2) is 12.3. The van der Waals surface area contributed by atoms with E-state index in [2.05, 4.69) is 26.4 Å². The molecule has 10 nitrogen and oxygen atoms in total. The summed E-state index contributed by atoms with van der Waals surface area (Å²) < 4.78 is 80.5. The lowest BCUT2D eigenvalue weighted by Crippen LogP contribution is -2.58. The maximum Gasteiger partial charge on any atom is 0.433 e. The van der Waals surface area contributed by atoms with Gasteiger partial charge in [-0.05, 0) is 57.0 Å². The SMILES string of the molecule is C=CC(=O)N1C[C@H](C)N(c2nc(OC[C@@]34CCCN3C[C@H](F)C4)nc3cc(-c4ccc(F)c5sc(N)c(C#N)c45)c(C(F)(F)F)nc23)C[C@H]1C. The molecule has 6 heterocycles. The highest BCUT2D eigenvalue weighted by Crippen LogP contribution is 2.46. The first-order chi connectivity index (χ1) is 23.7. The summed E-state index contributed by atoms with van der Waals surface area (Å²) in [5, 5.41) is 9.76. The Balaban J connectivity index is 1.42. The van der Waals surface area contributed by atoms with Gasteiger partial charge in [-0.15, -0.1) is 11.3 Å². The number of nitrogens with two attached hydrogens (primary N) is 1. The van der Waals surface area contributed by atoms with Crippen molar-refractivity contribution in [3.8, 4) is 23.2 Å². The predicted molar refractivity (Wildman–Crippen MR) is 179 cm³/mol. The lowest BCUT2D eigenvalue weighted by atomic mass is 9.95. The number of piperazine rings is 1. The van der Waals surface area contributed by atoms with Crippen LogP contribution in [0.5, 0.6) is 6.01 Å². The first kappa shape index (κ1) is 33.9. The Labute approximate surface area is 287 Å². The lowest BCUT2D eigenvalue weighted by molar-refractivity contribution is -0.140. The van der Waals surface area contributed by atoms with Gasteiger partial charge >= 0.3 is 12.2 Å². The van der Waals surface area contributed by atoms with E-state index in [4.69, 9.17) is 10.5 Å². The van der Waals surface area contributed by atoms with Crippen molar-refractivity contribution in [3.63, 3.8) is 0 Å². The van der Waals surface area contributed by atoms with Crippen LogP contribution in [0, 0.1) is 17.1 Å². The van der Waals surface area contributed by atoms with E-state index in [-0.39, 0.29) is 87.1 Å². The maximum absolute atomic E-state index is 15.0. The van der Waals surface area contributed by atoms with E-state index in [1.165, 1.54) is 18.2 Å². The van der Waals surface area contributed by atoms with Gasteiger partial charge in [0.05, 0.1) is 21.3 Å². The van der Waals surface area contributed by atoms with Crippen LogP contribution in [-0.2, 0) is 11.0 Å². The third kappa shape index (κ3) is 5.56. The molecule has 0 saturated carbocycles. The van der Waals surface area contributed by atoms with Crippen LogP contribution in [-0.4, -0.2) is 87.2 Å². The number of hydrogen-bond donors (Lipinski definition) is 1. The smallest absolute Gasteiger partial charge is 0.433 e. The van der Waals surface area contributed by atoms with Crippen LogP contribution in [0.2, 0.25) is 0 Å². The molecule has 1 amide bonds. The molecule has 1 aromatic carbocycles. The van der Waals surface area contributed by atoms with E-state index in [0.29, 0.717) is 13.0 Å². The number of fused-ring (bicyclic) bond motifs is 3. The molecule has 4 atom stereocenters. The van der Waals surface area contributed by atoms with Gasteiger partial charge in [0.25, 0.3) is 0 Å². The molecular formula is C34H33F5N8O2S. The van der Waals surface area contributed by atoms with Gasteiger partial charge < -0.3 is 20.3 Å². The molecule has 4 aromatic rings. The molecule has 0 bridgehead atoms. The van der Waals surface area contributed by atoms with E-state index in [0.717, 1.165) is 30.4 Å². The number of alkyl halides is 4. The fourth-order valence-corrected chi connectivity index (χ4v) is 8.68. The van der Waals surface area contributed by atoms with Crippen LogP contribution in [0.1, 0.15) is 44.4 Å². The Morgan fingerprint density at radius 1 is 1.20 bits per heavy atom. The zero-order valence-corrected chi connectivity index (χ0v) is 28.0. The number of benzene rings is 1. The summed E-state index contributed by atoms with van der Waals surface area (Å²) in [6.07, 6.45) is -2.91. The van der Waals surface area contributed by atoms with Crippen molar-refractivity contribution in [1.29, 1.82) is 5.26 Å². The van der Waals surface area contributed by atoms with Gasteiger partial charge in [0.2, 0.25) is 5.91 Å². The summed E-state index contributed by atoms with van der Waals surface area (Å²) in [7, 11) is 0. The highest BCUT2D eigenvalue weighted by Gasteiger charge is 2.49. The molecule has 0 unspecified atom stereocenters. The molecular weight excluding hydrogens is 679 g/mol. The number of rotatable bonds is 6. The lowest BCUT2D eigenvalue weighted by Gasteiger charge is -2.44. The summed E-state index contributed by atoms with van der Waals surface area (Å²) in [5.41, 5.74) is 3.35. The number of halogens is 5. The van der Waals surface area contributed by atoms with Crippen molar-refractivity contribution < 1.29 is 31.5 Å². The van der Waals surface area contributed by atoms with Crippen molar-refractivity contribution >= 4 is 49.2 Å². The van der Waals surface area contributed by atoms with E-state index >= 15 is 0 Å². The molecule has 3 aliphatic heterocycles. The van der Waals surface area contributed by atoms with Gasteiger partial charge in [-0.1, -0.05) is 12.6 Å². The average molecular weight is 713 g/mol. The Morgan fingerprint density at radius 3 is 2.70 bits per heavy atom. The maximum atomic E-state index is 15.0. The van der Waals surface area contributed by atoms with Crippen molar-refractivity contribution in [3.05, 3.63) is 47.9 Å². The minimum absolute atomic E-state index is 0.00667. The third-order valence-corrected chi connectivity index (χ3v) is 11.1. The zero-order chi connectivity index (χ0) is 35.7. The molecule has 50 heavy (non-hydrogen) atoms. The topological polar surface area (TPSA) is 125 Å². The van der Waals surface area contributed by atoms with Gasteiger partial charge in [-0.3, -0.25) is 9.69 Å². The first-order valence-corrected chi connectivity index (χ1v) is 17.0. The molecule has 2 N–H and O–H groups in total. The van der Waals surface area contributed by atoms with E-state index in [9.17, 15) is 32.0 Å². The Kier molecular flexibility index (Phi) is 8.33. The number of ether oxygens (including phenoxy) is 1. The fourth-order valence-electron chi connectivity index (χ4n) is 7.73. The summed E-state index contributed by atoms with van der Waals surface area (Å²) in [4.78, 5) is 31.4. The van der Waals surface area contributed by atoms with Crippen LogP contribution in [0.25, 0.3) is 32.2 Å². The predicted octanol–water partition coefficient (Wildman–Crippen LogP) is 6.09. The average Bonchev–Trinajstić information content (AvgIpc) is 3.72. The number of nitriles is 1. The molecule has 0 aliphatic carbocycles. The normalized spacial score (nSPS) is 24.2. The Bertz CT molecular complexity index is 2080. The standard InChI is InChI=1S/C34H33F5N8O2S/c1-4-25(48)46-13-18(3)47(14-17(46)2)31-27-24(42-32(44-31)49-16-33-8-5-9-45(33)15-19(35)11-33)10-21(29(43-27)34(37,38)39)20-6-7-23(36)28-26(20)22(12-40)30(41)50-28/h4,6-7,10,17-19H,1,5,8-9,11,13-16,41H2,2-3H3/t17-,18+,19-,33+/m1/s1. The second-order valence-corrected chi connectivity index (χ2v) is 14.3. The molecule has 3 saturated heterocycles. The van der Waals surface area contributed by atoms with Gasteiger partial charge in [0, 0.05) is 49.1 Å². The summed E-state index contributed by atoms with van der Waals surface area (Å²) >= 11 is 0.771. The van der Waals surface area contributed by atoms with E-state index in [1.807, 2.05) is 19.9 Å². The van der Waals surface area contributed by atoms with Crippen molar-refractivity contribution in [1.82, 2.24) is 24.8 Å². The number of thiophene rings is 1. The fraction of sp³-hybridized carbons (Fsp3) is 0.441. The highest BCUT2D eigenvalue weighted by atomic mass is 32.1. The number of pyridine rings is 1. The monoisotopic (exact) mass is 712 g/mol. The largest absolute Gasteiger partial charge is 0.461 e. The molecule has 7 rings (SSSR count). The third-order valence-electron chi connectivity index (χ3n) is 10.1. The number of amides is 1. The van der Waals surface area contributed by atoms with Gasteiger partial charge in [0.1, 0.15) is 35.2 Å². The van der Waals surface area contributed by atoms with Gasteiger partial charge in [0.15, 0.2) is 11.5 Å². The van der Waals surface area contributed by atoms with E-state index in [1.54, 1.807) is 9.80 Å². The molecule has 0 spiro atoms. The first-order valence-electron chi connectivity index (χ1n) is 16.2. The number of hydrogen-bond acceptors (Lipinski definition) is 10. The van der Waals surface area contributed by atoms with Gasteiger partial charge in [-0.25, -0.2) is 13.8 Å². The van der Waals surface area contributed by atoms with Crippen LogP contribution in [0.4, 0.5) is 32.8 Å². The molecule has 3 fully saturated rings. The van der Waals surface area contributed by atoms with Crippen molar-refractivity contribution in [2.75, 3.05) is 43.4 Å². The summed E-state index contributed by atoms with van der Waals surface area (Å²) in [6, 6.07) is 4.39. The molecule has 0 radical (unpaired) electrons. The van der Waals surface area contributed by atoms with Gasteiger partial charge in [-0.2, -0.15) is 28.4 Å². The second-order valence-electron chi connectivity index (χ2n) is 13.2. The number of anilines is 2. The number of aromatic nitrogens is 3. The number of nitrogen functional groups attached to an aromatic ring is 1. The number of carbonyl (C=O) groups is 1. The minimum atomic E-state index is -4.99. The minimum Gasteiger partial charge on any atom is -0.461 e. The van der Waals surface area contributed by atoms with E-state index < -0.39 is 41.0 Å². The van der Waals surface area contributed by atoms with Crippen LogP contribution in [0.15, 0.2) is 30.9 Å². The zero-order valence-electron chi connectivity index (χ0n) is 27.2. The summed E-state index contributed by atoms with van der Waals surface area (Å²) in [6.45, 7) is 8.75. The molecule has 3 aromatic heterocycles. The van der Waals surface area contributed by atoms with Crippen LogP contribution < -0.4 is 15.4 Å². The number of nitrogens with zero attached hydrogens (tertiary/aromatic N) is 7.